The summed E-state index contributed by atoms with van der Waals surface area (Å²) >= 11 is 0. The summed E-state index contributed by atoms with van der Waals surface area (Å²) in [4.78, 5) is 4.23. The topological polar surface area (TPSA) is 41.6 Å². The van der Waals surface area contributed by atoms with Gasteiger partial charge in [0, 0.05) is 11.4 Å². The normalized spacial score (nSPS) is 9.93. The predicted molar refractivity (Wildman–Crippen MR) is 57.8 cm³/mol. The summed E-state index contributed by atoms with van der Waals surface area (Å²) in [5, 5.41) is 8.81. The Morgan fingerprint density at radius 1 is 1.33 bits per heavy atom. The fourth-order valence-corrected chi connectivity index (χ4v) is 1.48. The number of rotatable bonds is 1. The van der Waals surface area contributed by atoms with Gasteiger partial charge in [-0.2, -0.15) is 5.26 Å². The molecule has 0 aliphatic carbocycles. The van der Waals surface area contributed by atoms with Crippen LogP contribution in [0.2, 0.25) is 0 Å². The maximum Gasteiger partial charge on any atom is 0.0997 e. The van der Waals surface area contributed by atoms with Crippen LogP contribution in [0.1, 0.15) is 17.0 Å². The molecular weight excluding hydrogens is 186 g/mol. The van der Waals surface area contributed by atoms with E-state index >= 15 is 0 Å². The average Bonchev–Trinajstić information content (AvgIpc) is 2.60. The van der Waals surface area contributed by atoms with Gasteiger partial charge in [0.15, 0.2) is 0 Å². The zero-order valence-corrected chi connectivity index (χ0v) is 8.73. The molecule has 0 saturated carbocycles. The Bertz CT molecular complexity index is 532. The Labute approximate surface area is 88.6 Å². The largest absolute Gasteiger partial charge is 0.303 e. The number of hydrogen-bond acceptors (Lipinski definition) is 2. The minimum Gasteiger partial charge on any atom is -0.303 e. The molecule has 0 atom stereocenters. The summed E-state index contributed by atoms with van der Waals surface area (Å²) in [7, 11) is 0. The summed E-state index contributed by atoms with van der Waals surface area (Å²) in [5.41, 5.74) is 3.76. The van der Waals surface area contributed by atoms with E-state index in [0.717, 1.165) is 17.1 Å². The molecule has 3 heteroatoms. The van der Waals surface area contributed by atoms with Gasteiger partial charge in [-0.3, -0.25) is 0 Å². The maximum absolute atomic E-state index is 8.81. The lowest BCUT2D eigenvalue weighted by Crippen LogP contribution is -1.95. The number of hydrogen-bond donors (Lipinski definition) is 0. The average molecular weight is 197 g/mol. The summed E-state index contributed by atoms with van der Waals surface area (Å²) < 4.78 is 1.98. The number of nitrogens with zero attached hydrogens (tertiary/aromatic N) is 3. The van der Waals surface area contributed by atoms with E-state index in [0.29, 0.717) is 5.56 Å². The summed E-state index contributed by atoms with van der Waals surface area (Å²) in [5.74, 6) is 0. The first-order valence-corrected chi connectivity index (χ1v) is 4.73. The van der Waals surface area contributed by atoms with Crippen LogP contribution in [-0.2, 0) is 0 Å². The Morgan fingerprint density at radius 2 is 2.13 bits per heavy atom. The molecular formula is C12H11N3. The lowest BCUT2D eigenvalue weighted by Gasteiger charge is -2.05. The number of imidazole rings is 1. The van der Waals surface area contributed by atoms with Gasteiger partial charge in [0.05, 0.1) is 23.7 Å². The lowest BCUT2D eigenvalue weighted by atomic mass is 10.2. The van der Waals surface area contributed by atoms with Crippen molar-refractivity contribution < 1.29 is 0 Å². The van der Waals surface area contributed by atoms with Crippen LogP contribution in [-0.4, -0.2) is 9.55 Å². The van der Waals surface area contributed by atoms with E-state index in [4.69, 9.17) is 5.26 Å². The van der Waals surface area contributed by atoms with Crippen molar-refractivity contribution in [2.75, 3.05) is 0 Å². The zero-order chi connectivity index (χ0) is 10.8. The van der Waals surface area contributed by atoms with E-state index < -0.39 is 0 Å². The standard InChI is InChI=1S/C12H11N3/c1-9-10(2)15(8-14-9)12-5-3-4-11(6-12)7-13/h3-6,8H,1-2H3. The van der Waals surface area contributed by atoms with Gasteiger partial charge in [-0.15, -0.1) is 0 Å². The van der Waals surface area contributed by atoms with Crippen LogP contribution < -0.4 is 0 Å². The molecule has 0 spiro atoms. The van der Waals surface area contributed by atoms with Crippen LogP contribution in [0.5, 0.6) is 0 Å². The van der Waals surface area contributed by atoms with E-state index in [2.05, 4.69) is 11.1 Å². The van der Waals surface area contributed by atoms with Crippen molar-refractivity contribution in [1.29, 1.82) is 5.26 Å². The van der Waals surface area contributed by atoms with Gasteiger partial charge in [0.1, 0.15) is 0 Å². The second-order valence-electron chi connectivity index (χ2n) is 3.45. The van der Waals surface area contributed by atoms with Crippen molar-refractivity contribution in [2.24, 2.45) is 0 Å². The SMILES string of the molecule is Cc1ncn(-c2cccc(C#N)c2)c1C. The molecule has 2 rings (SSSR count). The quantitative estimate of drug-likeness (QED) is 0.704. The Kier molecular flexibility index (Phi) is 2.26. The highest BCUT2D eigenvalue weighted by atomic mass is 15.1. The first kappa shape index (κ1) is 9.47. The molecule has 0 unspecified atom stereocenters. The van der Waals surface area contributed by atoms with Crippen molar-refractivity contribution in [1.82, 2.24) is 9.55 Å². The minimum absolute atomic E-state index is 0.665. The monoisotopic (exact) mass is 197 g/mol. The van der Waals surface area contributed by atoms with Crippen molar-refractivity contribution in [3.63, 3.8) is 0 Å². The third-order valence-corrected chi connectivity index (χ3v) is 2.51. The van der Waals surface area contributed by atoms with E-state index in [-0.39, 0.29) is 0 Å². The molecule has 0 aliphatic heterocycles. The first-order valence-electron chi connectivity index (χ1n) is 4.73. The van der Waals surface area contributed by atoms with Crippen LogP contribution in [0, 0.1) is 25.2 Å². The third-order valence-electron chi connectivity index (χ3n) is 2.51. The van der Waals surface area contributed by atoms with Gasteiger partial charge in [-0.05, 0) is 32.0 Å². The molecule has 0 bridgehead atoms. The van der Waals surface area contributed by atoms with Gasteiger partial charge in [-0.25, -0.2) is 4.98 Å². The van der Waals surface area contributed by atoms with Crippen molar-refractivity contribution in [2.45, 2.75) is 13.8 Å². The van der Waals surface area contributed by atoms with Gasteiger partial charge in [-0.1, -0.05) is 6.07 Å². The summed E-state index contributed by atoms with van der Waals surface area (Å²) in [6.45, 7) is 3.99. The van der Waals surface area contributed by atoms with Crippen molar-refractivity contribution in [3.8, 4) is 11.8 Å². The zero-order valence-electron chi connectivity index (χ0n) is 8.73. The fourth-order valence-electron chi connectivity index (χ4n) is 1.48. The van der Waals surface area contributed by atoms with Gasteiger partial charge in [0.25, 0.3) is 0 Å². The van der Waals surface area contributed by atoms with Crippen LogP contribution in [0.3, 0.4) is 0 Å². The van der Waals surface area contributed by atoms with E-state index in [9.17, 15) is 0 Å². The number of nitriles is 1. The second kappa shape index (κ2) is 3.58. The molecule has 1 heterocycles. The first-order chi connectivity index (χ1) is 7.22. The summed E-state index contributed by atoms with van der Waals surface area (Å²) in [6, 6.07) is 9.62. The number of aryl methyl sites for hydroxylation is 1. The van der Waals surface area contributed by atoms with Gasteiger partial charge >= 0.3 is 0 Å². The third kappa shape index (κ3) is 1.62. The highest BCUT2D eigenvalue weighted by molar-refractivity contribution is 5.42. The smallest absolute Gasteiger partial charge is 0.0997 e. The molecule has 0 saturated heterocycles. The Hall–Kier alpha value is -2.08. The van der Waals surface area contributed by atoms with Crippen LogP contribution in [0.4, 0.5) is 0 Å². The fraction of sp³-hybridized carbons (Fsp3) is 0.167. The van der Waals surface area contributed by atoms with E-state index in [1.807, 2.05) is 36.6 Å². The molecule has 0 aliphatic rings. The lowest BCUT2D eigenvalue weighted by molar-refractivity contribution is 1.000. The van der Waals surface area contributed by atoms with Crippen molar-refractivity contribution >= 4 is 0 Å². The maximum atomic E-state index is 8.81. The minimum atomic E-state index is 0.665. The molecule has 0 fully saturated rings. The van der Waals surface area contributed by atoms with Crippen molar-refractivity contribution in [3.05, 3.63) is 47.5 Å². The molecule has 15 heavy (non-hydrogen) atoms. The van der Waals surface area contributed by atoms with Gasteiger partial charge in [0.2, 0.25) is 0 Å². The van der Waals surface area contributed by atoms with E-state index in [1.54, 1.807) is 12.4 Å². The predicted octanol–water partition coefficient (Wildman–Crippen LogP) is 2.36. The number of aromatic nitrogens is 2. The highest BCUT2D eigenvalue weighted by Crippen LogP contribution is 2.14. The summed E-state index contributed by atoms with van der Waals surface area (Å²) in [6.07, 6.45) is 1.78. The number of benzene rings is 1. The second-order valence-corrected chi connectivity index (χ2v) is 3.45. The molecule has 0 N–H and O–H groups in total. The van der Waals surface area contributed by atoms with Crippen LogP contribution in [0.15, 0.2) is 30.6 Å². The van der Waals surface area contributed by atoms with Crippen LogP contribution >= 0.6 is 0 Å². The molecule has 0 amide bonds. The van der Waals surface area contributed by atoms with Crippen LogP contribution in [0.25, 0.3) is 5.69 Å². The molecule has 1 aromatic carbocycles. The van der Waals surface area contributed by atoms with E-state index in [1.165, 1.54) is 0 Å². The Morgan fingerprint density at radius 3 is 2.73 bits per heavy atom. The molecule has 3 nitrogen and oxygen atoms in total. The molecule has 0 radical (unpaired) electrons. The Balaban J connectivity index is 2.55. The highest BCUT2D eigenvalue weighted by Gasteiger charge is 2.04. The molecule has 2 aromatic rings. The van der Waals surface area contributed by atoms with Gasteiger partial charge < -0.3 is 4.57 Å². The molecule has 74 valence electrons. The molecule has 1 aromatic heterocycles.